The summed E-state index contributed by atoms with van der Waals surface area (Å²) in [5.41, 5.74) is 1.13. The van der Waals surface area contributed by atoms with Crippen LogP contribution in [-0.2, 0) is 11.3 Å². The minimum Gasteiger partial charge on any atom is -0.487 e. The summed E-state index contributed by atoms with van der Waals surface area (Å²) in [6, 6.07) is 11.1. The van der Waals surface area contributed by atoms with E-state index in [2.05, 4.69) is 23.8 Å². The molecule has 1 aromatic carbocycles. The Morgan fingerprint density at radius 2 is 1.93 bits per heavy atom. The number of carbonyl (C=O) groups is 1. The SMILES string of the molecule is Cc1cnn(CCC(=O)N2CCC(C3C(Oc4ccccc4)CN3C(C)C)CC2)c1. The number of carbonyl (C=O) groups excluding carboxylic acids is 1. The topological polar surface area (TPSA) is 50.6 Å². The maximum Gasteiger partial charge on any atom is 0.224 e. The van der Waals surface area contributed by atoms with Gasteiger partial charge in [0.15, 0.2) is 0 Å². The summed E-state index contributed by atoms with van der Waals surface area (Å²) in [5.74, 6) is 1.78. The van der Waals surface area contributed by atoms with E-state index in [4.69, 9.17) is 4.74 Å². The van der Waals surface area contributed by atoms with Crippen molar-refractivity contribution < 1.29 is 9.53 Å². The van der Waals surface area contributed by atoms with Crippen LogP contribution in [0.2, 0.25) is 0 Å². The molecule has 1 aromatic heterocycles. The fourth-order valence-corrected chi connectivity index (χ4v) is 4.87. The van der Waals surface area contributed by atoms with Crippen molar-refractivity contribution in [3.05, 3.63) is 48.3 Å². The fraction of sp³-hybridized carbons (Fsp3) is 0.583. The molecule has 6 nitrogen and oxygen atoms in total. The minimum atomic E-state index is 0.241. The predicted octanol–water partition coefficient (Wildman–Crippen LogP) is 3.36. The molecule has 30 heavy (non-hydrogen) atoms. The number of nitrogens with zero attached hydrogens (tertiary/aromatic N) is 4. The molecule has 2 unspecified atom stereocenters. The summed E-state index contributed by atoms with van der Waals surface area (Å²) in [6.07, 6.45) is 6.69. The summed E-state index contributed by atoms with van der Waals surface area (Å²) in [4.78, 5) is 17.3. The second kappa shape index (κ2) is 9.21. The lowest BCUT2D eigenvalue weighted by molar-refractivity contribution is -0.135. The maximum atomic E-state index is 12.7. The van der Waals surface area contributed by atoms with E-state index >= 15 is 0 Å². The Morgan fingerprint density at radius 1 is 1.20 bits per heavy atom. The highest BCUT2D eigenvalue weighted by molar-refractivity contribution is 5.76. The zero-order valence-corrected chi connectivity index (χ0v) is 18.4. The lowest BCUT2D eigenvalue weighted by Gasteiger charge is -2.54. The van der Waals surface area contributed by atoms with Crippen LogP contribution < -0.4 is 4.74 Å². The van der Waals surface area contributed by atoms with E-state index in [1.54, 1.807) is 0 Å². The summed E-state index contributed by atoms with van der Waals surface area (Å²) >= 11 is 0. The van der Waals surface area contributed by atoms with Gasteiger partial charge >= 0.3 is 0 Å². The van der Waals surface area contributed by atoms with Crippen LogP contribution in [0.3, 0.4) is 0 Å². The molecule has 4 rings (SSSR count). The Morgan fingerprint density at radius 3 is 2.57 bits per heavy atom. The molecular weight excluding hydrogens is 376 g/mol. The number of amides is 1. The highest BCUT2D eigenvalue weighted by Crippen LogP contribution is 2.36. The number of likely N-dealkylation sites (tertiary alicyclic amines) is 2. The van der Waals surface area contributed by atoms with E-state index in [-0.39, 0.29) is 12.0 Å². The molecule has 0 bridgehead atoms. The molecular formula is C24H34N4O2. The molecule has 0 radical (unpaired) electrons. The van der Waals surface area contributed by atoms with Crippen LogP contribution in [0.4, 0.5) is 0 Å². The molecule has 0 N–H and O–H groups in total. The average molecular weight is 411 g/mol. The maximum absolute atomic E-state index is 12.7. The van der Waals surface area contributed by atoms with Gasteiger partial charge in [-0.05, 0) is 57.2 Å². The van der Waals surface area contributed by atoms with Gasteiger partial charge in [0.1, 0.15) is 11.9 Å². The van der Waals surface area contributed by atoms with E-state index in [1.165, 1.54) is 0 Å². The molecule has 3 heterocycles. The Balaban J connectivity index is 1.30. The van der Waals surface area contributed by atoms with Gasteiger partial charge < -0.3 is 9.64 Å². The molecule has 2 aromatic rings. The first-order valence-electron chi connectivity index (χ1n) is 11.3. The van der Waals surface area contributed by atoms with Crippen molar-refractivity contribution in [2.24, 2.45) is 5.92 Å². The third-order valence-corrected chi connectivity index (χ3v) is 6.54. The smallest absolute Gasteiger partial charge is 0.224 e. The van der Waals surface area contributed by atoms with E-state index in [0.717, 1.165) is 43.8 Å². The van der Waals surface area contributed by atoms with E-state index < -0.39 is 0 Å². The van der Waals surface area contributed by atoms with Gasteiger partial charge in [-0.1, -0.05) is 18.2 Å². The largest absolute Gasteiger partial charge is 0.487 e. The zero-order chi connectivity index (χ0) is 21.1. The van der Waals surface area contributed by atoms with Crippen molar-refractivity contribution in [1.82, 2.24) is 19.6 Å². The lowest BCUT2D eigenvalue weighted by atomic mass is 9.79. The molecule has 2 aliphatic heterocycles. The standard InChI is InChI=1S/C24H34N4O2/c1-18(2)28-17-22(30-21-7-5-4-6-8-21)24(28)20-9-12-26(13-10-20)23(29)11-14-27-16-19(3)15-25-27/h4-8,15-16,18,20,22,24H,9-14,17H2,1-3H3. The van der Waals surface area contributed by atoms with Gasteiger partial charge in [0.25, 0.3) is 0 Å². The van der Waals surface area contributed by atoms with Crippen LogP contribution in [0.15, 0.2) is 42.7 Å². The second-order valence-corrected chi connectivity index (χ2v) is 9.00. The first-order valence-corrected chi connectivity index (χ1v) is 11.3. The molecule has 2 atom stereocenters. The first kappa shape index (κ1) is 20.9. The van der Waals surface area contributed by atoms with Gasteiger partial charge in [-0.25, -0.2) is 0 Å². The van der Waals surface area contributed by atoms with Gasteiger partial charge in [0.2, 0.25) is 5.91 Å². The predicted molar refractivity (Wildman–Crippen MR) is 117 cm³/mol. The quantitative estimate of drug-likeness (QED) is 0.702. The molecule has 2 aliphatic rings. The third-order valence-electron chi connectivity index (χ3n) is 6.54. The minimum absolute atomic E-state index is 0.241. The summed E-state index contributed by atoms with van der Waals surface area (Å²) < 4.78 is 8.19. The van der Waals surface area contributed by atoms with Crippen molar-refractivity contribution >= 4 is 5.91 Å². The average Bonchev–Trinajstić information content (AvgIpc) is 3.15. The number of benzene rings is 1. The number of hydrogen-bond acceptors (Lipinski definition) is 4. The molecule has 0 spiro atoms. The van der Waals surface area contributed by atoms with Crippen molar-refractivity contribution in [2.45, 2.75) is 64.8 Å². The van der Waals surface area contributed by atoms with Crippen LogP contribution >= 0.6 is 0 Å². The number of hydrogen-bond donors (Lipinski definition) is 0. The Labute approximate surface area is 179 Å². The summed E-state index contributed by atoms with van der Waals surface area (Å²) in [7, 11) is 0. The Kier molecular flexibility index (Phi) is 6.42. The van der Waals surface area contributed by atoms with Gasteiger partial charge in [-0.15, -0.1) is 0 Å². The molecule has 2 fully saturated rings. The Hall–Kier alpha value is -2.34. The molecule has 2 saturated heterocycles. The van der Waals surface area contributed by atoms with E-state index in [9.17, 15) is 4.79 Å². The second-order valence-electron chi connectivity index (χ2n) is 9.00. The Bertz CT molecular complexity index is 827. The van der Waals surface area contributed by atoms with Crippen LogP contribution in [0, 0.1) is 12.8 Å². The van der Waals surface area contributed by atoms with Crippen molar-refractivity contribution in [3.8, 4) is 5.75 Å². The molecule has 0 aliphatic carbocycles. The number of rotatable bonds is 7. The van der Waals surface area contributed by atoms with Crippen LogP contribution in [-0.4, -0.2) is 63.3 Å². The molecule has 0 saturated carbocycles. The van der Waals surface area contributed by atoms with E-state index in [0.29, 0.717) is 31.0 Å². The highest BCUT2D eigenvalue weighted by Gasteiger charge is 2.47. The monoisotopic (exact) mass is 410 g/mol. The summed E-state index contributed by atoms with van der Waals surface area (Å²) in [6.45, 7) is 9.89. The normalized spacial score (nSPS) is 22.9. The third kappa shape index (κ3) is 4.69. The van der Waals surface area contributed by atoms with Crippen LogP contribution in [0.5, 0.6) is 5.75 Å². The zero-order valence-electron chi connectivity index (χ0n) is 18.4. The molecule has 1 amide bonds. The van der Waals surface area contributed by atoms with E-state index in [1.807, 2.05) is 59.2 Å². The molecule has 162 valence electrons. The first-order chi connectivity index (χ1) is 14.5. The number of para-hydroxylation sites is 1. The van der Waals surface area contributed by atoms with Gasteiger partial charge in [0, 0.05) is 44.8 Å². The fourth-order valence-electron chi connectivity index (χ4n) is 4.87. The lowest BCUT2D eigenvalue weighted by Crippen LogP contribution is -2.68. The summed E-state index contributed by atoms with van der Waals surface area (Å²) in [5, 5.41) is 4.28. The van der Waals surface area contributed by atoms with Crippen LogP contribution in [0.1, 0.15) is 38.7 Å². The number of piperidine rings is 1. The van der Waals surface area contributed by atoms with Gasteiger partial charge in [-0.3, -0.25) is 14.4 Å². The van der Waals surface area contributed by atoms with Crippen molar-refractivity contribution in [2.75, 3.05) is 19.6 Å². The number of ether oxygens (including phenoxy) is 1. The van der Waals surface area contributed by atoms with Crippen molar-refractivity contribution in [1.29, 1.82) is 0 Å². The molecule has 6 heteroatoms. The van der Waals surface area contributed by atoms with Gasteiger partial charge in [-0.2, -0.15) is 5.10 Å². The highest BCUT2D eigenvalue weighted by atomic mass is 16.5. The van der Waals surface area contributed by atoms with Crippen LogP contribution in [0.25, 0.3) is 0 Å². The number of aromatic nitrogens is 2. The number of aryl methyl sites for hydroxylation is 2. The van der Waals surface area contributed by atoms with Crippen molar-refractivity contribution in [3.63, 3.8) is 0 Å². The van der Waals surface area contributed by atoms with Gasteiger partial charge in [0.05, 0.1) is 12.2 Å².